The van der Waals surface area contributed by atoms with Gasteiger partial charge in [-0.1, -0.05) is 41.9 Å². The fraction of sp³-hybridized carbons (Fsp3) is 0.364. The molecule has 1 saturated heterocycles. The molecule has 3 heterocycles. The van der Waals surface area contributed by atoms with Crippen molar-refractivity contribution in [2.24, 2.45) is 0 Å². The Hall–Kier alpha value is -2.19. The van der Waals surface area contributed by atoms with Gasteiger partial charge in [0.15, 0.2) is 10.1 Å². The summed E-state index contributed by atoms with van der Waals surface area (Å²) in [6, 6.07) is 10.1. The van der Waals surface area contributed by atoms with Crippen molar-refractivity contribution in [3.05, 3.63) is 64.4 Å². The number of amides is 1. The minimum Gasteiger partial charge on any atom is -0.379 e. The number of carbonyl (C=O) groups is 1. The Balaban J connectivity index is 1.53. The Morgan fingerprint density at radius 1 is 1.33 bits per heavy atom. The van der Waals surface area contributed by atoms with Gasteiger partial charge in [0.2, 0.25) is 5.91 Å². The van der Waals surface area contributed by atoms with Gasteiger partial charge in [-0.25, -0.2) is 4.98 Å². The fourth-order valence-electron chi connectivity index (χ4n) is 3.66. The minimum atomic E-state index is -0.0409. The number of hydrogen-bond donors (Lipinski definition) is 0. The van der Waals surface area contributed by atoms with E-state index in [0.29, 0.717) is 11.7 Å². The number of ether oxygens (including phenoxy) is 1. The van der Waals surface area contributed by atoms with E-state index in [9.17, 15) is 4.79 Å². The first-order chi connectivity index (χ1) is 14.6. The van der Waals surface area contributed by atoms with Crippen molar-refractivity contribution in [2.45, 2.75) is 19.5 Å². The standard InChI is InChI=1S/C22H25ClN4O2S/c1-17(15-25-9-12-29-13-10-25)27(16-18-5-3-2-4-6-18)20(28)8-7-19-21(23)24-22-26(19)11-14-30-22/h2-8,11,14,17H,9-10,12-13,15-16H2,1H3/b8-7+. The van der Waals surface area contributed by atoms with Crippen molar-refractivity contribution >= 4 is 39.9 Å². The number of thiazole rings is 1. The molecule has 158 valence electrons. The summed E-state index contributed by atoms with van der Waals surface area (Å²) in [5, 5.41) is 2.35. The number of hydrogen-bond acceptors (Lipinski definition) is 5. The fourth-order valence-corrected chi connectivity index (χ4v) is 4.66. The molecule has 0 bridgehead atoms. The molecule has 1 amide bonds. The van der Waals surface area contributed by atoms with Crippen LogP contribution in [0, 0.1) is 0 Å². The van der Waals surface area contributed by atoms with Gasteiger partial charge in [-0.2, -0.15) is 0 Å². The van der Waals surface area contributed by atoms with Crippen molar-refractivity contribution in [1.82, 2.24) is 19.2 Å². The highest BCUT2D eigenvalue weighted by Gasteiger charge is 2.22. The number of rotatable bonds is 7. The van der Waals surface area contributed by atoms with Crippen LogP contribution in [0.25, 0.3) is 11.0 Å². The van der Waals surface area contributed by atoms with E-state index in [-0.39, 0.29) is 11.9 Å². The molecule has 1 aliphatic heterocycles. The van der Waals surface area contributed by atoms with E-state index in [2.05, 4.69) is 16.8 Å². The zero-order chi connectivity index (χ0) is 20.9. The third-order valence-corrected chi connectivity index (χ3v) is 6.31. The molecule has 1 unspecified atom stereocenters. The molecule has 3 aromatic rings. The maximum Gasteiger partial charge on any atom is 0.247 e. The van der Waals surface area contributed by atoms with Crippen molar-refractivity contribution in [3.63, 3.8) is 0 Å². The number of fused-ring (bicyclic) bond motifs is 1. The average molecular weight is 445 g/mol. The van der Waals surface area contributed by atoms with E-state index in [1.165, 1.54) is 11.3 Å². The minimum absolute atomic E-state index is 0.0409. The summed E-state index contributed by atoms with van der Waals surface area (Å²) in [5.41, 5.74) is 1.83. The van der Waals surface area contributed by atoms with Crippen molar-refractivity contribution in [3.8, 4) is 0 Å². The molecule has 8 heteroatoms. The lowest BCUT2D eigenvalue weighted by atomic mass is 10.1. The van der Waals surface area contributed by atoms with E-state index in [1.54, 1.807) is 12.2 Å². The van der Waals surface area contributed by atoms with Crippen LogP contribution in [0.5, 0.6) is 0 Å². The summed E-state index contributed by atoms with van der Waals surface area (Å²) in [6.07, 6.45) is 5.27. The molecule has 0 N–H and O–H groups in total. The van der Waals surface area contributed by atoms with Gasteiger partial charge in [-0.15, -0.1) is 11.3 Å². The van der Waals surface area contributed by atoms with Crippen molar-refractivity contribution < 1.29 is 9.53 Å². The summed E-state index contributed by atoms with van der Waals surface area (Å²) >= 11 is 7.78. The first-order valence-corrected chi connectivity index (χ1v) is 11.3. The molecule has 1 aromatic carbocycles. The highest BCUT2D eigenvalue weighted by Crippen LogP contribution is 2.22. The molecule has 6 nitrogen and oxygen atoms in total. The van der Waals surface area contributed by atoms with Crippen LogP contribution in [-0.2, 0) is 16.1 Å². The van der Waals surface area contributed by atoms with Crippen LogP contribution in [0.15, 0.2) is 48.0 Å². The van der Waals surface area contributed by atoms with Crippen LogP contribution in [0.3, 0.4) is 0 Å². The highest BCUT2D eigenvalue weighted by atomic mass is 35.5. The molecule has 0 spiro atoms. The summed E-state index contributed by atoms with van der Waals surface area (Å²) < 4.78 is 7.35. The van der Waals surface area contributed by atoms with Gasteiger partial charge in [-0.3, -0.25) is 14.1 Å². The van der Waals surface area contributed by atoms with Gasteiger partial charge >= 0.3 is 0 Å². The largest absolute Gasteiger partial charge is 0.379 e. The van der Waals surface area contributed by atoms with Crippen molar-refractivity contribution in [1.29, 1.82) is 0 Å². The lowest BCUT2D eigenvalue weighted by Gasteiger charge is -2.34. The lowest BCUT2D eigenvalue weighted by molar-refractivity contribution is -0.129. The number of imidazole rings is 1. The Labute approximate surface area is 185 Å². The van der Waals surface area contributed by atoms with Gasteiger partial charge in [0.05, 0.1) is 18.9 Å². The normalized spacial score (nSPS) is 16.3. The summed E-state index contributed by atoms with van der Waals surface area (Å²) in [6.45, 7) is 6.77. The zero-order valence-electron chi connectivity index (χ0n) is 16.9. The quantitative estimate of drug-likeness (QED) is 0.520. The monoisotopic (exact) mass is 444 g/mol. The van der Waals surface area contributed by atoms with E-state index >= 15 is 0 Å². The Kier molecular flexibility index (Phi) is 6.84. The molecule has 2 aromatic heterocycles. The van der Waals surface area contributed by atoms with E-state index in [4.69, 9.17) is 16.3 Å². The topological polar surface area (TPSA) is 50.1 Å². The second kappa shape index (κ2) is 9.75. The van der Waals surface area contributed by atoms with Gasteiger partial charge in [0.25, 0.3) is 0 Å². The zero-order valence-corrected chi connectivity index (χ0v) is 18.5. The predicted molar refractivity (Wildman–Crippen MR) is 121 cm³/mol. The van der Waals surface area contributed by atoms with Crippen LogP contribution in [-0.4, -0.2) is 64.0 Å². The number of benzene rings is 1. The Morgan fingerprint density at radius 2 is 2.10 bits per heavy atom. The third-order valence-electron chi connectivity index (χ3n) is 5.27. The van der Waals surface area contributed by atoms with Crippen LogP contribution < -0.4 is 0 Å². The molecule has 30 heavy (non-hydrogen) atoms. The lowest BCUT2D eigenvalue weighted by Crippen LogP contribution is -2.47. The van der Waals surface area contributed by atoms with E-state index in [0.717, 1.165) is 49.1 Å². The molecule has 4 rings (SSSR count). The average Bonchev–Trinajstić information content (AvgIpc) is 3.32. The first-order valence-electron chi connectivity index (χ1n) is 10.1. The number of halogens is 1. The Bertz CT molecular complexity index is 1010. The second-order valence-corrected chi connectivity index (χ2v) is 8.62. The number of morpholine rings is 1. The van der Waals surface area contributed by atoms with Crippen LogP contribution >= 0.6 is 22.9 Å². The van der Waals surface area contributed by atoms with Gasteiger partial charge < -0.3 is 9.64 Å². The van der Waals surface area contributed by atoms with Gasteiger partial charge in [0.1, 0.15) is 0 Å². The molecule has 0 saturated carbocycles. The van der Waals surface area contributed by atoms with Crippen molar-refractivity contribution in [2.75, 3.05) is 32.8 Å². The maximum atomic E-state index is 13.2. The molecule has 1 aliphatic rings. The van der Waals surface area contributed by atoms with Crippen LogP contribution in [0.2, 0.25) is 5.15 Å². The summed E-state index contributed by atoms with van der Waals surface area (Å²) in [4.78, 5) is 22.7. The number of carbonyl (C=O) groups excluding carboxylic acids is 1. The SMILES string of the molecule is CC(CN1CCOCC1)N(Cc1ccccc1)C(=O)/C=C/c1c(Cl)nc2sccn12. The second-order valence-electron chi connectivity index (χ2n) is 7.39. The van der Waals surface area contributed by atoms with E-state index in [1.807, 2.05) is 51.2 Å². The maximum absolute atomic E-state index is 13.2. The summed E-state index contributed by atoms with van der Waals surface area (Å²) in [7, 11) is 0. The number of aromatic nitrogens is 2. The molecule has 1 fully saturated rings. The highest BCUT2D eigenvalue weighted by molar-refractivity contribution is 7.15. The molecule has 0 aliphatic carbocycles. The first kappa shape index (κ1) is 21.1. The molecular formula is C22H25ClN4O2S. The summed E-state index contributed by atoms with van der Waals surface area (Å²) in [5.74, 6) is -0.0409. The molecule has 0 radical (unpaired) electrons. The van der Waals surface area contributed by atoms with E-state index < -0.39 is 0 Å². The molecular weight excluding hydrogens is 420 g/mol. The molecule has 1 atom stereocenters. The smallest absolute Gasteiger partial charge is 0.247 e. The van der Waals surface area contributed by atoms with Crippen LogP contribution in [0.1, 0.15) is 18.2 Å². The van der Waals surface area contributed by atoms with Gasteiger partial charge in [0, 0.05) is 49.9 Å². The predicted octanol–water partition coefficient (Wildman–Crippen LogP) is 3.81. The van der Waals surface area contributed by atoms with Gasteiger partial charge in [-0.05, 0) is 18.6 Å². The van der Waals surface area contributed by atoms with Crippen LogP contribution in [0.4, 0.5) is 0 Å². The number of nitrogens with zero attached hydrogens (tertiary/aromatic N) is 4. The third kappa shape index (κ3) is 4.92. The Morgan fingerprint density at radius 3 is 2.87 bits per heavy atom.